The van der Waals surface area contributed by atoms with Gasteiger partial charge in [0.05, 0.1) is 13.2 Å². The maximum Gasteiger partial charge on any atom is 0.241 e. The number of nitrogens with zero attached hydrogens (tertiary/aromatic N) is 1. The van der Waals surface area contributed by atoms with E-state index in [0.29, 0.717) is 19.5 Å². The second-order valence-electron chi connectivity index (χ2n) is 5.20. The molecule has 3 rings (SSSR count). The van der Waals surface area contributed by atoms with Gasteiger partial charge in [-0.15, -0.1) is 0 Å². The summed E-state index contributed by atoms with van der Waals surface area (Å²) in [5.41, 5.74) is 2.46. The Morgan fingerprint density at radius 1 is 1.25 bits per heavy atom. The van der Waals surface area contributed by atoms with Gasteiger partial charge in [-0.1, -0.05) is 12.1 Å². The molecular weight excluding hydrogens is 256 g/mol. The number of ether oxygens (including phenoxy) is 1. The molecule has 5 nitrogen and oxygen atoms in total. The molecule has 2 heterocycles. The predicted octanol–water partition coefficient (Wildman–Crippen LogP) is 0.512. The van der Waals surface area contributed by atoms with Crippen LogP contribution in [0.1, 0.15) is 17.5 Å². The summed E-state index contributed by atoms with van der Waals surface area (Å²) < 4.78 is 5.48. The fraction of sp³-hybridized carbons (Fsp3) is 0.467. The van der Waals surface area contributed by atoms with Gasteiger partial charge in [0.2, 0.25) is 11.8 Å². The molecule has 0 bridgehead atoms. The smallest absolute Gasteiger partial charge is 0.241 e. The largest absolute Gasteiger partial charge is 0.493 e. The summed E-state index contributed by atoms with van der Waals surface area (Å²) >= 11 is 0. The van der Waals surface area contributed by atoms with E-state index in [-0.39, 0.29) is 18.4 Å². The molecule has 0 saturated carbocycles. The third kappa shape index (κ3) is 2.76. The number of amides is 2. The number of carbonyl (C=O) groups excluding carboxylic acids is 2. The van der Waals surface area contributed by atoms with E-state index in [0.717, 1.165) is 25.2 Å². The molecule has 0 radical (unpaired) electrons. The van der Waals surface area contributed by atoms with Gasteiger partial charge in [0.15, 0.2) is 0 Å². The number of fused-ring (bicyclic) bond motifs is 1. The second kappa shape index (κ2) is 5.53. The predicted molar refractivity (Wildman–Crippen MR) is 73.6 cm³/mol. The summed E-state index contributed by atoms with van der Waals surface area (Å²) in [5, 5.41) is 2.61. The molecule has 5 heteroatoms. The van der Waals surface area contributed by atoms with Crippen LogP contribution in [0.5, 0.6) is 5.75 Å². The highest BCUT2D eigenvalue weighted by Gasteiger charge is 2.20. The minimum atomic E-state index is -0.0458. The molecule has 0 aromatic heterocycles. The molecular formula is C15H18N2O3. The third-order valence-corrected chi connectivity index (χ3v) is 3.82. The highest BCUT2D eigenvalue weighted by atomic mass is 16.5. The zero-order chi connectivity index (χ0) is 13.9. The Morgan fingerprint density at radius 2 is 2.15 bits per heavy atom. The van der Waals surface area contributed by atoms with Crippen molar-refractivity contribution in [1.29, 1.82) is 0 Å². The fourth-order valence-corrected chi connectivity index (χ4v) is 2.63. The Labute approximate surface area is 117 Å². The highest BCUT2D eigenvalue weighted by molar-refractivity contribution is 5.87. The number of hydrogen-bond donors (Lipinski definition) is 1. The first-order chi connectivity index (χ1) is 9.72. The summed E-state index contributed by atoms with van der Waals surface area (Å²) in [6.07, 6.45) is 2.17. The van der Waals surface area contributed by atoms with Crippen molar-refractivity contribution < 1.29 is 14.3 Å². The van der Waals surface area contributed by atoms with Gasteiger partial charge in [0, 0.05) is 25.9 Å². The van der Waals surface area contributed by atoms with Gasteiger partial charge in [-0.2, -0.15) is 0 Å². The maximum absolute atomic E-state index is 11.9. The van der Waals surface area contributed by atoms with Crippen LogP contribution in [-0.2, 0) is 22.4 Å². The summed E-state index contributed by atoms with van der Waals surface area (Å²) in [6.45, 7) is 2.06. The summed E-state index contributed by atoms with van der Waals surface area (Å²) in [4.78, 5) is 24.9. The Balaban J connectivity index is 1.61. The van der Waals surface area contributed by atoms with Crippen molar-refractivity contribution in [1.82, 2.24) is 10.2 Å². The van der Waals surface area contributed by atoms with E-state index < -0.39 is 0 Å². The zero-order valence-electron chi connectivity index (χ0n) is 11.4. The van der Waals surface area contributed by atoms with Crippen molar-refractivity contribution >= 4 is 11.8 Å². The molecule has 106 valence electrons. The van der Waals surface area contributed by atoms with Crippen LogP contribution in [-0.4, -0.2) is 43.0 Å². The van der Waals surface area contributed by atoms with Gasteiger partial charge in [0.1, 0.15) is 5.75 Å². The maximum atomic E-state index is 11.9. The average molecular weight is 274 g/mol. The lowest BCUT2D eigenvalue weighted by molar-refractivity contribution is -0.130. The Morgan fingerprint density at radius 3 is 3.05 bits per heavy atom. The normalized spacial score (nSPS) is 18.3. The number of carbonyl (C=O) groups is 2. The molecule has 2 aliphatic heterocycles. The van der Waals surface area contributed by atoms with Crippen LogP contribution < -0.4 is 10.1 Å². The van der Waals surface area contributed by atoms with Crippen molar-refractivity contribution in [2.45, 2.75) is 19.3 Å². The van der Waals surface area contributed by atoms with Crippen molar-refractivity contribution in [2.75, 3.05) is 26.2 Å². The van der Waals surface area contributed by atoms with E-state index in [4.69, 9.17) is 4.74 Å². The van der Waals surface area contributed by atoms with Crippen LogP contribution in [0.2, 0.25) is 0 Å². The van der Waals surface area contributed by atoms with Crippen LogP contribution in [0.4, 0.5) is 0 Å². The molecule has 1 aromatic carbocycles. The van der Waals surface area contributed by atoms with Gasteiger partial charge in [-0.05, 0) is 23.6 Å². The monoisotopic (exact) mass is 274 g/mol. The molecule has 0 unspecified atom stereocenters. The SMILES string of the molecule is O=C1CCN(CCc2ccc3c(c2)CCO3)C(=O)CN1. The molecule has 0 aliphatic carbocycles. The summed E-state index contributed by atoms with van der Waals surface area (Å²) in [7, 11) is 0. The number of nitrogens with one attached hydrogen (secondary N) is 1. The minimum absolute atomic E-state index is 0.000318. The van der Waals surface area contributed by atoms with Gasteiger partial charge in [-0.3, -0.25) is 9.59 Å². The summed E-state index contributed by atoms with van der Waals surface area (Å²) in [5.74, 6) is 0.935. The molecule has 1 fully saturated rings. The first kappa shape index (κ1) is 13.0. The molecule has 2 aliphatic rings. The quantitative estimate of drug-likeness (QED) is 0.874. The van der Waals surface area contributed by atoms with E-state index in [2.05, 4.69) is 17.4 Å². The molecule has 1 saturated heterocycles. The van der Waals surface area contributed by atoms with Crippen molar-refractivity contribution in [3.63, 3.8) is 0 Å². The van der Waals surface area contributed by atoms with E-state index in [1.165, 1.54) is 11.1 Å². The lowest BCUT2D eigenvalue weighted by atomic mass is 10.1. The third-order valence-electron chi connectivity index (χ3n) is 3.82. The van der Waals surface area contributed by atoms with Gasteiger partial charge < -0.3 is 15.0 Å². The second-order valence-corrected chi connectivity index (χ2v) is 5.20. The van der Waals surface area contributed by atoms with E-state index in [9.17, 15) is 9.59 Å². The Hall–Kier alpha value is -2.04. The van der Waals surface area contributed by atoms with Gasteiger partial charge in [-0.25, -0.2) is 0 Å². The standard InChI is InChI=1S/C15H18N2O3/c18-14-4-7-17(15(19)10-16-14)6-3-11-1-2-13-12(9-11)5-8-20-13/h1-2,9H,3-8,10H2,(H,16,18). The average Bonchev–Trinajstić information content (AvgIpc) is 2.85. The lowest BCUT2D eigenvalue weighted by Crippen LogP contribution is -2.36. The Bertz CT molecular complexity index is 542. The van der Waals surface area contributed by atoms with Gasteiger partial charge >= 0.3 is 0 Å². The molecule has 0 atom stereocenters. The number of hydrogen-bond acceptors (Lipinski definition) is 3. The van der Waals surface area contributed by atoms with E-state index in [1.807, 2.05) is 6.07 Å². The van der Waals surface area contributed by atoms with Crippen molar-refractivity contribution in [2.24, 2.45) is 0 Å². The number of rotatable bonds is 3. The van der Waals surface area contributed by atoms with Crippen LogP contribution in [0.3, 0.4) is 0 Å². The van der Waals surface area contributed by atoms with Crippen molar-refractivity contribution in [3.8, 4) is 5.75 Å². The lowest BCUT2D eigenvalue weighted by Gasteiger charge is -2.19. The summed E-state index contributed by atoms with van der Waals surface area (Å²) in [6, 6.07) is 6.22. The topological polar surface area (TPSA) is 58.6 Å². The van der Waals surface area contributed by atoms with Crippen LogP contribution in [0.25, 0.3) is 0 Å². The minimum Gasteiger partial charge on any atom is -0.493 e. The highest BCUT2D eigenvalue weighted by Crippen LogP contribution is 2.26. The fourth-order valence-electron chi connectivity index (χ4n) is 2.63. The zero-order valence-corrected chi connectivity index (χ0v) is 11.4. The van der Waals surface area contributed by atoms with E-state index >= 15 is 0 Å². The molecule has 20 heavy (non-hydrogen) atoms. The first-order valence-corrected chi connectivity index (χ1v) is 7.01. The van der Waals surface area contributed by atoms with Crippen LogP contribution >= 0.6 is 0 Å². The number of benzene rings is 1. The molecule has 2 amide bonds. The van der Waals surface area contributed by atoms with Crippen LogP contribution in [0.15, 0.2) is 18.2 Å². The van der Waals surface area contributed by atoms with Gasteiger partial charge in [0.25, 0.3) is 0 Å². The van der Waals surface area contributed by atoms with Crippen LogP contribution in [0, 0.1) is 0 Å². The van der Waals surface area contributed by atoms with Crippen molar-refractivity contribution in [3.05, 3.63) is 29.3 Å². The first-order valence-electron chi connectivity index (χ1n) is 7.01. The molecule has 1 N–H and O–H groups in total. The molecule has 1 aromatic rings. The van der Waals surface area contributed by atoms with E-state index in [1.54, 1.807) is 4.90 Å². The molecule has 0 spiro atoms. The Kier molecular flexibility index (Phi) is 3.58.